The smallest absolute Gasteiger partial charge is 0.336 e. The van der Waals surface area contributed by atoms with Crippen LogP contribution in [0.4, 0.5) is 4.39 Å². The monoisotopic (exact) mass is 184 g/mol. The number of hydrogen-bond donors (Lipinski definition) is 2. The number of rotatable bonds is 2. The van der Waals surface area contributed by atoms with E-state index in [1.54, 1.807) is 0 Å². The summed E-state index contributed by atoms with van der Waals surface area (Å²) in [5.74, 6) is -3.63. The van der Waals surface area contributed by atoms with Crippen LogP contribution in [-0.4, -0.2) is 22.2 Å². The summed E-state index contributed by atoms with van der Waals surface area (Å²) in [5.41, 5.74) is -0.971. The van der Waals surface area contributed by atoms with Crippen LogP contribution < -0.4 is 0 Å². The van der Waals surface area contributed by atoms with Gasteiger partial charge in [-0.2, -0.15) is 0 Å². The lowest BCUT2D eigenvalue weighted by atomic mass is 10.1. The van der Waals surface area contributed by atoms with Gasteiger partial charge in [0.15, 0.2) is 0 Å². The van der Waals surface area contributed by atoms with E-state index in [0.29, 0.717) is 6.07 Å². The molecule has 0 aliphatic carbocycles. The Labute approximate surface area is 72.2 Å². The van der Waals surface area contributed by atoms with Gasteiger partial charge in [0, 0.05) is 0 Å². The summed E-state index contributed by atoms with van der Waals surface area (Å²) >= 11 is 0. The molecule has 1 aromatic rings. The van der Waals surface area contributed by atoms with Gasteiger partial charge in [0.05, 0.1) is 11.1 Å². The molecule has 0 aromatic heterocycles. The SMILES string of the molecule is O=C(O)c1ccc(F)cc1C(=O)O. The van der Waals surface area contributed by atoms with Gasteiger partial charge in [-0.05, 0) is 18.2 Å². The number of benzene rings is 1. The summed E-state index contributed by atoms with van der Waals surface area (Å²) in [5, 5.41) is 17.0. The Morgan fingerprint density at radius 3 is 2.08 bits per heavy atom. The van der Waals surface area contributed by atoms with Crippen LogP contribution in [0.15, 0.2) is 18.2 Å². The first kappa shape index (κ1) is 9.18. The van der Waals surface area contributed by atoms with E-state index in [-0.39, 0.29) is 0 Å². The molecule has 0 unspecified atom stereocenters. The first-order valence-electron chi connectivity index (χ1n) is 3.28. The lowest BCUT2D eigenvalue weighted by Crippen LogP contribution is -2.08. The Bertz CT molecular complexity index is 372. The number of carboxylic acid groups (broad SMARTS) is 2. The summed E-state index contributed by atoms with van der Waals surface area (Å²) in [6.45, 7) is 0. The Morgan fingerprint density at radius 1 is 1.08 bits per heavy atom. The molecule has 0 saturated heterocycles. The summed E-state index contributed by atoms with van der Waals surface area (Å²) in [7, 11) is 0. The fraction of sp³-hybridized carbons (Fsp3) is 0. The standard InChI is InChI=1S/C8H5FO4/c9-4-1-2-5(7(10)11)6(3-4)8(12)13/h1-3H,(H,10,11)(H,12,13). The van der Waals surface area contributed by atoms with E-state index in [9.17, 15) is 14.0 Å². The van der Waals surface area contributed by atoms with Crippen LogP contribution in [0.2, 0.25) is 0 Å². The lowest BCUT2D eigenvalue weighted by Gasteiger charge is -1.99. The third-order valence-corrected chi connectivity index (χ3v) is 1.44. The van der Waals surface area contributed by atoms with Crippen molar-refractivity contribution in [1.29, 1.82) is 0 Å². The first-order valence-corrected chi connectivity index (χ1v) is 3.28. The molecule has 2 N–H and O–H groups in total. The largest absolute Gasteiger partial charge is 0.478 e. The molecule has 0 saturated carbocycles. The predicted molar refractivity (Wildman–Crippen MR) is 40.3 cm³/mol. The van der Waals surface area contributed by atoms with E-state index in [4.69, 9.17) is 10.2 Å². The molecule has 13 heavy (non-hydrogen) atoms. The second-order valence-electron chi connectivity index (χ2n) is 2.30. The average molecular weight is 184 g/mol. The molecule has 68 valence electrons. The number of halogens is 1. The molecule has 0 spiro atoms. The second-order valence-corrected chi connectivity index (χ2v) is 2.30. The van der Waals surface area contributed by atoms with Gasteiger partial charge in [0.25, 0.3) is 0 Å². The van der Waals surface area contributed by atoms with Crippen LogP contribution in [0, 0.1) is 5.82 Å². The number of carboxylic acids is 2. The van der Waals surface area contributed by atoms with Gasteiger partial charge >= 0.3 is 11.9 Å². The van der Waals surface area contributed by atoms with Crippen LogP contribution in [0.1, 0.15) is 20.7 Å². The van der Waals surface area contributed by atoms with Crippen molar-refractivity contribution in [2.24, 2.45) is 0 Å². The molecule has 0 amide bonds. The summed E-state index contributed by atoms with van der Waals surface area (Å²) < 4.78 is 12.5. The molecule has 0 bridgehead atoms. The topological polar surface area (TPSA) is 74.6 Å². The van der Waals surface area contributed by atoms with Crippen molar-refractivity contribution in [2.45, 2.75) is 0 Å². The molecular weight excluding hydrogens is 179 g/mol. The molecule has 0 radical (unpaired) electrons. The molecule has 5 heteroatoms. The van der Waals surface area contributed by atoms with E-state index in [1.165, 1.54) is 0 Å². The van der Waals surface area contributed by atoms with Gasteiger partial charge < -0.3 is 10.2 Å². The van der Waals surface area contributed by atoms with Gasteiger partial charge in [-0.1, -0.05) is 0 Å². The van der Waals surface area contributed by atoms with E-state index >= 15 is 0 Å². The fourth-order valence-electron chi connectivity index (χ4n) is 0.880. The molecule has 4 nitrogen and oxygen atoms in total. The molecule has 1 aromatic carbocycles. The number of aromatic carboxylic acids is 2. The highest BCUT2D eigenvalue weighted by molar-refractivity contribution is 6.01. The molecule has 0 fully saturated rings. The van der Waals surface area contributed by atoms with E-state index in [1.807, 2.05) is 0 Å². The first-order chi connectivity index (χ1) is 6.02. The van der Waals surface area contributed by atoms with Gasteiger partial charge in [-0.25, -0.2) is 14.0 Å². The molecule has 1 rings (SSSR count). The maximum atomic E-state index is 12.5. The zero-order chi connectivity index (χ0) is 10.0. The molecule has 0 atom stereocenters. The van der Waals surface area contributed by atoms with E-state index in [2.05, 4.69) is 0 Å². The number of carbonyl (C=O) groups is 2. The minimum Gasteiger partial charge on any atom is -0.478 e. The Hall–Kier alpha value is -1.91. The van der Waals surface area contributed by atoms with Crippen molar-refractivity contribution < 1.29 is 24.2 Å². The van der Waals surface area contributed by atoms with Crippen LogP contribution in [0.5, 0.6) is 0 Å². The van der Waals surface area contributed by atoms with Gasteiger partial charge in [0.1, 0.15) is 5.82 Å². The maximum Gasteiger partial charge on any atom is 0.336 e. The molecule has 0 heterocycles. The average Bonchev–Trinajstić information content (AvgIpc) is 2.03. The maximum absolute atomic E-state index is 12.5. The zero-order valence-corrected chi connectivity index (χ0v) is 6.32. The van der Waals surface area contributed by atoms with Crippen molar-refractivity contribution in [2.75, 3.05) is 0 Å². The Kier molecular flexibility index (Phi) is 2.27. The van der Waals surface area contributed by atoms with E-state index < -0.39 is 28.9 Å². The van der Waals surface area contributed by atoms with Crippen LogP contribution in [-0.2, 0) is 0 Å². The zero-order valence-electron chi connectivity index (χ0n) is 6.32. The second kappa shape index (κ2) is 3.22. The van der Waals surface area contributed by atoms with Crippen LogP contribution >= 0.6 is 0 Å². The number of hydrogen-bond acceptors (Lipinski definition) is 2. The van der Waals surface area contributed by atoms with Crippen molar-refractivity contribution in [3.05, 3.63) is 35.1 Å². The van der Waals surface area contributed by atoms with Crippen LogP contribution in [0.25, 0.3) is 0 Å². The highest BCUT2D eigenvalue weighted by Gasteiger charge is 2.15. The summed E-state index contributed by atoms with van der Waals surface area (Å²) in [6, 6.07) is 2.49. The lowest BCUT2D eigenvalue weighted by molar-refractivity contribution is 0.0651. The summed E-state index contributed by atoms with van der Waals surface area (Å²) in [6.07, 6.45) is 0. The minimum absolute atomic E-state index is 0.422. The van der Waals surface area contributed by atoms with Crippen molar-refractivity contribution in [3.8, 4) is 0 Å². The van der Waals surface area contributed by atoms with Crippen molar-refractivity contribution in [1.82, 2.24) is 0 Å². The van der Waals surface area contributed by atoms with Gasteiger partial charge in [-0.15, -0.1) is 0 Å². The minimum atomic E-state index is -1.46. The van der Waals surface area contributed by atoms with Gasteiger partial charge in [-0.3, -0.25) is 0 Å². The van der Waals surface area contributed by atoms with E-state index in [0.717, 1.165) is 12.1 Å². The fourth-order valence-corrected chi connectivity index (χ4v) is 0.880. The Morgan fingerprint density at radius 2 is 1.62 bits per heavy atom. The normalized spacial score (nSPS) is 9.62. The summed E-state index contributed by atoms with van der Waals surface area (Å²) in [4.78, 5) is 20.9. The quantitative estimate of drug-likeness (QED) is 0.724. The molecule has 0 aliphatic heterocycles. The molecule has 0 aliphatic rings. The van der Waals surface area contributed by atoms with Crippen molar-refractivity contribution >= 4 is 11.9 Å². The third kappa shape index (κ3) is 1.81. The predicted octanol–water partition coefficient (Wildman–Crippen LogP) is 1.22. The Balaban J connectivity index is 3.35. The van der Waals surface area contributed by atoms with Gasteiger partial charge in [0.2, 0.25) is 0 Å². The molecular formula is C8H5FO4. The van der Waals surface area contributed by atoms with Crippen LogP contribution in [0.3, 0.4) is 0 Å². The highest BCUT2D eigenvalue weighted by Crippen LogP contribution is 2.11. The van der Waals surface area contributed by atoms with Crippen molar-refractivity contribution in [3.63, 3.8) is 0 Å². The third-order valence-electron chi connectivity index (χ3n) is 1.44. The highest BCUT2D eigenvalue weighted by atomic mass is 19.1.